The van der Waals surface area contributed by atoms with Gasteiger partial charge in [-0.2, -0.15) is 0 Å². The number of benzene rings is 9. The number of aryl methyl sites for hydroxylation is 2. The van der Waals surface area contributed by atoms with Gasteiger partial charge in [-0.1, -0.05) is 194 Å². The fraction of sp³-hybridized carbons (Fsp3) is 0.0645. The van der Waals surface area contributed by atoms with Crippen LogP contribution in [0.2, 0.25) is 0 Å². The molecule has 0 radical (unpaired) electrons. The normalized spacial score (nSPS) is 13.5. The molecule has 12 rings (SSSR count). The third-order valence-electron chi connectivity index (χ3n) is 13.7. The Balaban J connectivity index is 1.06. The summed E-state index contributed by atoms with van der Waals surface area (Å²) in [7, 11) is 0. The van der Waals surface area contributed by atoms with Gasteiger partial charge in [0.05, 0.1) is 28.0 Å². The smallest absolute Gasteiger partial charge is 0.0714 e. The van der Waals surface area contributed by atoms with Gasteiger partial charge in [0.2, 0.25) is 0 Å². The van der Waals surface area contributed by atoms with Crippen molar-refractivity contribution < 1.29 is 0 Å². The molecule has 1 heterocycles. The summed E-state index contributed by atoms with van der Waals surface area (Å²) in [5, 5.41) is 1.32. The summed E-state index contributed by atoms with van der Waals surface area (Å²) in [6.45, 7) is 2.14. The van der Waals surface area contributed by atoms with E-state index < -0.39 is 5.41 Å². The van der Waals surface area contributed by atoms with Crippen molar-refractivity contribution in [2.75, 3.05) is 4.90 Å². The van der Waals surface area contributed by atoms with E-state index in [-0.39, 0.29) is 0 Å². The maximum Gasteiger partial charge on any atom is 0.0714 e. The van der Waals surface area contributed by atoms with Gasteiger partial charge in [0.15, 0.2) is 0 Å². The summed E-state index contributed by atoms with van der Waals surface area (Å²) in [5.74, 6) is 0. The Morgan fingerprint density at radius 3 is 1.73 bits per heavy atom. The molecule has 0 aliphatic heterocycles. The van der Waals surface area contributed by atoms with Crippen LogP contribution in [0.4, 0.5) is 17.1 Å². The van der Waals surface area contributed by atoms with Crippen molar-refractivity contribution in [2.45, 2.75) is 25.2 Å². The topological polar surface area (TPSA) is 8.17 Å². The van der Waals surface area contributed by atoms with Crippen LogP contribution >= 0.6 is 0 Å². The second-order valence-electron chi connectivity index (χ2n) is 17.2. The predicted octanol–water partition coefficient (Wildman–Crippen LogP) is 15.9. The maximum absolute atomic E-state index is 2.58. The molecule has 0 saturated heterocycles. The highest BCUT2D eigenvalue weighted by molar-refractivity contribution is 6.00. The average molecular weight is 819 g/mol. The molecule has 0 N–H and O–H groups in total. The number of hydrogen-bond donors (Lipinski definition) is 0. The molecule has 10 aromatic rings. The fourth-order valence-corrected chi connectivity index (χ4v) is 10.9. The van der Waals surface area contributed by atoms with Crippen molar-refractivity contribution in [3.8, 4) is 27.9 Å². The predicted molar refractivity (Wildman–Crippen MR) is 268 cm³/mol. The number of rotatable bonds is 8. The van der Waals surface area contributed by atoms with Crippen molar-refractivity contribution in [3.05, 3.63) is 275 Å². The van der Waals surface area contributed by atoms with Crippen LogP contribution in [0.3, 0.4) is 0 Å². The molecular formula is C62H46N2. The Morgan fingerprint density at radius 2 is 1.02 bits per heavy atom. The third kappa shape index (κ3) is 5.94. The minimum atomic E-state index is -0.480. The van der Waals surface area contributed by atoms with E-state index in [4.69, 9.17) is 0 Å². The van der Waals surface area contributed by atoms with Crippen molar-refractivity contribution in [1.82, 2.24) is 4.57 Å². The summed E-state index contributed by atoms with van der Waals surface area (Å²) in [4.78, 5) is 2.42. The number of nitrogens with zero attached hydrogens (tertiary/aromatic N) is 2. The van der Waals surface area contributed by atoms with Crippen molar-refractivity contribution >= 4 is 39.6 Å². The molecule has 64 heavy (non-hydrogen) atoms. The zero-order valence-corrected chi connectivity index (χ0v) is 35.8. The SMILES string of the molecule is Cc1ccc(-c2ccc(N(c3ccccc3)c3ccccc3C3=Cc4c(c5ccccc5n4-c4cccc5c4-c4ccccc4C5(c4ccccc4)c4ccccc4)CC3)cc2)cc1. The van der Waals surface area contributed by atoms with Gasteiger partial charge in [0.1, 0.15) is 0 Å². The first-order valence-electron chi connectivity index (χ1n) is 22.5. The first kappa shape index (κ1) is 37.8. The molecule has 9 aromatic carbocycles. The lowest BCUT2D eigenvalue weighted by atomic mass is 9.68. The van der Waals surface area contributed by atoms with Crippen LogP contribution in [0.1, 0.15) is 51.1 Å². The number of allylic oxidation sites excluding steroid dienone is 1. The summed E-state index contributed by atoms with van der Waals surface area (Å²) in [5.41, 5.74) is 22.1. The molecule has 2 heteroatoms. The van der Waals surface area contributed by atoms with E-state index in [0.717, 1.165) is 24.2 Å². The van der Waals surface area contributed by atoms with Gasteiger partial charge in [0.25, 0.3) is 0 Å². The largest absolute Gasteiger partial charge is 0.310 e. The zero-order valence-electron chi connectivity index (χ0n) is 35.8. The zero-order chi connectivity index (χ0) is 42.6. The second-order valence-corrected chi connectivity index (χ2v) is 17.2. The van der Waals surface area contributed by atoms with E-state index in [9.17, 15) is 0 Å². The molecule has 304 valence electrons. The standard InChI is InChI=1S/C62H46N2/c1-43-32-34-44(35-33-43)45-36-39-50(40-37-45)63(49-22-9-4-10-23-49)57-29-15-12-24-51(57)46-38-41-53-52-25-13-16-30-58(52)64(60(53)42-46)59-31-17-28-56-61(59)54-26-11-14-27-55(54)62(56,47-18-5-2-6-19-47)48-20-7-3-8-21-48/h2-37,39-40,42H,38,41H2,1H3. The summed E-state index contributed by atoms with van der Waals surface area (Å²) < 4.78 is 2.58. The number of anilines is 3. The second kappa shape index (κ2) is 15.4. The summed E-state index contributed by atoms with van der Waals surface area (Å²) in [6, 6.07) is 85.0. The summed E-state index contributed by atoms with van der Waals surface area (Å²) >= 11 is 0. The highest BCUT2D eigenvalue weighted by Gasteiger charge is 2.47. The van der Waals surface area contributed by atoms with Gasteiger partial charge in [0, 0.05) is 27.9 Å². The van der Waals surface area contributed by atoms with E-state index in [1.165, 1.54) is 94.7 Å². The average Bonchev–Trinajstić information content (AvgIpc) is 3.86. The molecule has 2 nitrogen and oxygen atoms in total. The minimum absolute atomic E-state index is 0.480. The van der Waals surface area contributed by atoms with Gasteiger partial charge < -0.3 is 9.47 Å². The molecule has 0 bridgehead atoms. The highest BCUT2D eigenvalue weighted by atomic mass is 15.1. The number of para-hydroxylation sites is 3. The minimum Gasteiger partial charge on any atom is -0.310 e. The fourth-order valence-electron chi connectivity index (χ4n) is 10.9. The number of aromatic nitrogens is 1. The van der Waals surface area contributed by atoms with Gasteiger partial charge >= 0.3 is 0 Å². The Morgan fingerprint density at radius 1 is 0.453 bits per heavy atom. The van der Waals surface area contributed by atoms with Crippen LogP contribution in [-0.4, -0.2) is 4.57 Å². The molecule has 0 unspecified atom stereocenters. The van der Waals surface area contributed by atoms with Crippen LogP contribution in [0.5, 0.6) is 0 Å². The van der Waals surface area contributed by atoms with Crippen LogP contribution in [-0.2, 0) is 11.8 Å². The molecule has 0 saturated carbocycles. The summed E-state index contributed by atoms with van der Waals surface area (Å²) in [6.07, 6.45) is 4.39. The number of hydrogen-bond acceptors (Lipinski definition) is 1. The van der Waals surface area contributed by atoms with Crippen molar-refractivity contribution in [3.63, 3.8) is 0 Å². The Hall–Kier alpha value is -7.94. The molecule has 0 spiro atoms. The van der Waals surface area contributed by atoms with Crippen molar-refractivity contribution in [1.29, 1.82) is 0 Å². The van der Waals surface area contributed by atoms with Gasteiger partial charge in [-0.3, -0.25) is 0 Å². The molecule has 2 aliphatic rings. The van der Waals surface area contributed by atoms with E-state index in [2.05, 4.69) is 253 Å². The highest BCUT2D eigenvalue weighted by Crippen LogP contribution is 2.58. The Labute approximate surface area is 375 Å². The van der Waals surface area contributed by atoms with Gasteiger partial charge in [-0.25, -0.2) is 0 Å². The Bertz CT molecular complexity index is 3320. The molecule has 0 amide bonds. The maximum atomic E-state index is 2.58. The molecule has 2 aliphatic carbocycles. The lowest BCUT2D eigenvalue weighted by Crippen LogP contribution is -2.28. The van der Waals surface area contributed by atoms with Gasteiger partial charge in [-0.15, -0.1) is 0 Å². The van der Waals surface area contributed by atoms with Crippen LogP contribution in [0.25, 0.3) is 50.5 Å². The molecule has 0 fully saturated rings. The monoisotopic (exact) mass is 818 g/mol. The van der Waals surface area contributed by atoms with Gasteiger partial charge in [-0.05, 0) is 118 Å². The quantitative estimate of drug-likeness (QED) is 0.148. The lowest BCUT2D eigenvalue weighted by molar-refractivity contribution is 0.768. The van der Waals surface area contributed by atoms with E-state index >= 15 is 0 Å². The molecule has 0 atom stereocenters. The van der Waals surface area contributed by atoms with Crippen LogP contribution < -0.4 is 4.90 Å². The molecular weight excluding hydrogens is 773 g/mol. The van der Waals surface area contributed by atoms with E-state index in [1.807, 2.05) is 0 Å². The number of fused-ring (bicyclic) bond motifs is 6. The molecule has 1 aromatic heterocycles. The van der Waals surface area contributed by atoms with Crippen molar-refractivity contribution in [2.24, 2.45) is 0 Å². The van der Waals surface area contributed by atoms with E-state index in [1.54, 1.807) is 0 Å². The van der Waals surface area contributed by atoms with Crippen LogP contribution in [0.15, 0.2) is 231 Å². The van der Waals surface area contributed by atoms with Crippen LogP contribution in [0, 0.1) is 6.92 Å². The lowest BCUT2D eigenvalue weighted by Gasteiger charge is -2.34. The Kier molecular flexibility index (Phi) is 9.12. The van der Waals surface area contributed by atoms with E-state index in [0.29, 0.717) is 0 Å². The first-order chi connectivity index (χ1) is 31.7. The third-order valence-corrected chi connectivity index (χ3v) is 13.7. The first-order valence-corrected chi connectivity index (χ1v) is 22.5.